The molecule has 146 valence electrons. The molecule has 0 N–H and O–H groups in total. The molecule has 2 atom stereocenters. The Bertz CT molecular complexity index is 729. The van der Waals surface area contributed by atoms with E-state index in [1.165, 1.54) is 4.46 Å². The van der Waals surface area contributed by atoms with Crippen molar-refractivity contribution < 1.29 is 9.22 Å². The molecule has 0 saturated heterocycles. The molecule has 0 radical (unpaired) electrons. The minimum atomic E-state index is -2.13. The molecule has 2 aromatic rings. The van der Waals surface area contributed by atoms with Gasteiger partial charge in [-0.1, -0.05) is 0 Å². The number of hydrogen-bond acceptors (Lipinski definition) is 2. The van der Waals surface area contributed by atoms with Gasteiger partial charge in [0.1, 0.15) is 0 Å². The van der Waals surface area contributed by atoms with Gasteiger partial charge >= 0.3 is 176 Å². The number of carbonyl (C=O) groups excluding carboxylic acids is 1. The van der Waals surface area contributed by atoms with Gasteiger partial charge in [-0.15, -0.1) is 0 Å². The molecule has 0 bridgehead atoms. The normalized spacial score (nSPS) is 14.4. The summed E-state index contributed by atoms with van der Waals surface area (Å²) in [7, 11) is -2.13. The fraction of sp³-hybridized carbons (Fsp3) is 0.409. The Morgan fingerprint density at radius 1 is 1.04 bits per heavy atom. The van der Waals surface area contributed by atoms with Crippen LogP contribution in [0, 0.1) is 0 Å². The second-order valence-electron chi connectivity index (χ2n) is 8.22. The third-order valence-corrected chi connectivity index (χ3v) is 13.0. The van der Waals surface area contributed by atoms with Gasteiger partial charge in [0.25, 0.3) is 0 Å². The van der Waals surface area contributed by atoms with Gasteiger partial charge < -0.3 is 0 Å². The van der Waals surface area contributed by atoms with E-state index in [0.29, 0.717) is 6.42 Å². The number of rotatable bonds is 7. The van der Waals surface area contributed by atoms with E-state index in [2.05, 4.69) is 46.0 Å². The Labute approximate surface area is 176 Å². The standard InChI is InChI=1S/C22H29ClO2SeSi/c1-22(2,3)27(4,5)25-20(24)16-19(26-18-14-10-7-11-15-18)21(23)17-12-8-6-9-13-17/h6-15,19,21H,16H2,1-5H3/t19-,21+/m1/s1. The van der Waals surface area contributed by atoms with E-state index < -0.39 is 8.32 Å². The zero-order chi connectivity index (χ0) is 20.1. The molecule has 0 aromatic heterocycles. The van der Waals surface area contributed by atoms with E-state index in [4.69, 9.17) is 16.0 Å². The average molecular weight is 468 g/mol. The van der Waals surface area contributed by atoms with Gasteiger partial charge in [0.15, 0.2) is 0 Å². The maximum absolute atomic E-state index is 12.8. The second-order valence-corrected chi connectivity index (χ2v) is 16.2. The van der Waals surface area contributed by atoms with Crippen LogP contribution < -0.4 is 4.46 Å². The van der Waals surface area contributed by atoms with E-state index in [0.717, 1.165) is 5.56 Å². The summed E-state index contributed by atoms with van der Waals surface area (Å²) in [5.41, 5.74) is 1.06. The molecule has 27 heavy (non-hydrogen) atoms. The fourth-order valence-corrected chi connectivity index (χ4v) is 6.27. The van der Waals surface area contributed by atoms with Gasteiger partial charge in [-0.2, -0.15) is 0 Å². The van der Waals surface area contributed by atoms with Crippen molar-refractivity contribution in [3.63, 3.8) is 0 Å². The van der Waals surface area contributed by atoms with Crippen LogP contribution in [0.15, 0.2) is 60.7 Å². The van der Waals surface area contributed by atoms with Gasteiger partial charge in [0.2, 0.25) is 0 Å². The van der Waals surface area contributed by atoms with E-state index >= 15 is 0 Å². The molecule has 0 spiro atoms. The molecule has 0 amide bonds. The van der Waals surface area contributed by atoms with Crippen LogP contribution in [0.5, 0.6) is 0 Å². The van der Waals surface area contributed by atoms with Crippen LogP contribution in [0.4, 0.5) is 0 Å². The molecule has 2 nitrogen and oxygen atoms in total. The number of carbonyl (C=O) groups is 1. The molecule has 0 saturated carbocycles. The van der Waals surface area contributed by atoms with Crippen molar-refractivity contribution in [2.24, 2.45) is 0 Å². The van der Waals surface area contributed by atoms with Crippen molar-refractivity contribution in [3.8, 4) is 0 Å². The van der Waals surface area contributed by atoms with Crippen LogP contribution in [0.3, 0.4) is 0 Å². The van der Waals surface area contributed by atoms with E-state index in [1.54, 1.807) is 0 Å². The summed E-state index contributed by atoms with van der Waals surface area (Å²) in [6.07, 6.45) is 0.352. The molecule has 0 aliphatic rings. The maximum atomic E-state index is 12.8. The van der Waals surface area contributed by atoms with Crippen molar-refractivity contribution >= 4 is 45.3 Å². The fourth-order valence-electron chi connectivity index (χ4n) is 2.37. The monoisotopic (exact) mass is 468 g/mol. The van der Waals surface area contributed by atoms with Crippen molar-refractivity contribution in [1.29, 1.82) is 0 Å². The van der Waals surface area contributed by atoms with E-state index in [9.17, 15) is 4.79 Å². The zero-order valence-electron chi connectivity index (χ0n) is 16.7. The minimum absolute atomic E-state index is 0.00251. The molecule has 2 rings (SSSR count). The van der Waals surface area contributed by atoms with E-state index in [-0.39, 0.29) is 36.2 Å². The Balaban J connectivity index is 2.18. The Morgan fingerprint density at radius 2 is 1.56 bits per heavy atom. The third kappa shape index (κ3) is 6.50. The topological polar surface area (TPSA) is 26.3 Å². The van der Waals surface area contributed by atoms with Crippen LogP contribution in [-0.4, -0.2) is 29.2 Å². The van der Waals surface area contributed by atoms with Gasteiger partial charge in [-0.3, -0.25) is 0 Å². The summed E-state index contributed by atoms with van der Waals surface area (Å²) in [5.74, 6) is -0.119. The first-order valence-corrected chi connectivity index (χ1v) is 14.4. The second kappa shape index (κ2) is 9.42. The van der Waals surface area contributed by atoms with Crippen LogP contribution in [0.25, 0.3) is 0 Å². The molecule has 5 heteroatoms. The molecule has 0 fully saturated rings. The first kappa shape index (κ1) is 22.2. The summed E-state index contributed by atoms with van der Waals surface area (Å²) >= 11 is 6.93. The first-order valence-electron chi connectivity index (χ1n) is 9.23. The first-order chi connectivity index (χ1) is 12.6. The Morgan fingerprint density at radius 3 is 2.07 bits per heavy atom. The molecule has 0 aliphatic heterocycles. The predicted molar refractivity (Wildman–Crippen MR) is 119 cm³/mol. The SMILES string of the molecule is CC(C)(C)[Si](C)(C)OC(=O)C[C@@H]([Se]c1ccccc1)[C@@H](Cl)c1ccccc1. The summed E-state index contributed by atoms with van der Waals surface area (Å²) < 4.78 is 7.25. The van der Waals surface area contributed by atoms with Crippen LogP contribution >= 0.6 is 11.6 Å². The molecule has 0 aliphatic carbocycles. The molecular weight excluding hydrogens is 439 g/mol. The number of alkyl halides is 1. The van der Waals surface area contributed by atoms with Crippen LogP contribution in [0.1, 0.15) is 38.1 Å². The summed E-state index contributed by atoms with van der Waals surface area (Å²) in [6.45, 7) is 10.7. The zero-order valence-corrected chi connectivity index (χ0v) is 20.2. The molecule has 0 heterocycles. The van der Waals surface area contributed by atoms with E-state index in [1.807, 2.05) is 48.5 Å². The summed E-state index contributed by atoms with van der Waals surface area (Å²) in [5, 5.41) is -0.207. The van der Waals surface area contributed by atoms with Crippen molar-refractivity contribution in [1.82, 2.24) is 0 Å². The van der Waals surface area contributed by atoms with Gasteiger partial charge in [-0.05, 0) is 0 Å². The quantitative estimate of drug-likeness (QED) is 0.384. The van der Waals surface area contributed by atoms with Gasteiger partial charge in [-0.25, -0.2) is 0 Å². The Kier molecular flexibility index (Phi) is 7.76. The van der Waals surface area contributed by atoms with Crippen molar-refractivity contribution in [3.05, 3.63) is 66.2 Å². The van der Waals surface area contributed by atoms with Crippen molar-refractivity contribution in [2.45, 2.75) is 55.5 Å². The van der Waals surface area contributed by atoms with Crippen LogP contribution in [0.2, 0.25) is 22.9 Å². The van der Waals surface area contributed by atoms with Crippen molar-refractivity contribution in [2.75, 3.05) is 0 Å². The Hall–Kier alpha value is -1.06. The van der Waals surface area contributed by atoms with Gasteiger partial charge in [0, 0.05) is 0 Å². The third-order valence-electron chi connectivity index (χ3n) is 5.02. The molecule has 2 aromatic carbocycles. The molecule has 0 unspecified atom stereocenters. The van der Waals surface area contributed by atoms with Crippen LogP contribution in [-0.2, 0) is 9.22 Å². The number of halogens is 1. The number of hydrogen-bond donors (Lipinski definition) is 0. The summed E-state index contributed by atoms with van der Waals surface area (Å²) in [6, 6.07) is 20.3. The average Bonchev–Trinajstić information content (AvgIpc) is 2.60. The van der Waals surface area contributed by atoms with Gasteiger partial charge in [0.05, 0.1) is 0 Å². The predicted octanol–water partition coefficient (Wildman–Crippen LogP) is 5.72. The summed E-state index contributed by atoms with van der Waals surface area (Å²) in [4.78, 5) is 12.8. The number of benzene rings is 2. The molecular formula is C22H29ClO2SeSi.